The largest absolute Gasteiger partial charge is 0.508 e. The summed E-state index contributed by atoms with van der Waals surface area (Å²) in [5, 5.41) is 9.70. The van der Waals surface area contributed by atoms with E-state index in [2.05, 4.69) is 48.3 Å². The molecule has 2 aromatic rings. The van der Waals surface area contributed by atoms with E-state index in [0.717, 1.165) is 19.5 Å². The van der Waals surface area contributed by atoms with E-state index < -0.39 is 0 Å². The minimum Gasteiger partial charge on any atom is -0.508 e. The first kappa shape index (κ1) is 12.2. The molecular weight excluding hydrogens is 234 g/mol. The van der Waals surface area contributed by atoms with Gasteiger partial charge in [-0.3, -0.25) is 0 Å². The predicted molar refractivity (Wildman–Crippen MR) is 77.3 cm³/mol. The molecule has 2 aromatic carbocycles. The molecule has 0 saturated carbocycles. The SMILES string of the molecule is CN1CC[C@H](c2ccccc2)c2ccc(O)cc2C1. The lowest BCUT2D eigenvalue weighted by Gasteiger charge is -2.18. The second-order valence-corrected chi connectivity index (χ2v) is 5.37. The molecule has 0 bridgehead atoms. The number of nitrogens with zero attached hydrogens (tertiary/aromatic N) is 1. The van der Waals surface area contributed by atoms with Crippen molar-refractivity contribution in [2.24, 2.45) is 0 Å². The zero-order chi connectivity index (χ0) is 13.2. The number of phenolic OH excluding ortho intramolecular Hbond substituents is 1. The topological polar surface area (TPSA) is 23.5 Å². The lowest BCUT2D eigenvalue weighted by atomic mass is 9.86. The van der Waals surface area contributed by atoms with Gasteiger partial charge in [-0.25, -0.2) is 0 Å². The fraction of sp³-hybridized carbons (Fsp3) is 0.294. The highest BCUT2D eigenvalue weighted by atomic mass is 16.3. The van der Waals surface area contributed by atoms with Crippen LogP contribution in [0.15, 0.2) is 48.5 Å². The first-order valence-corrected chi connectivity index (χ1v) is 6.79. The molecule has 0 aliphatic carbocycles. The third-order valence-electron chi connectivity index (χ3n) is 3.94. The third-order valence-corrected chi connectivity index (χ3v) is 3.94. The summed E-state index contributed by atoms with van der Waals surface area (Å²) in [6.07, 6.45) is 1.12. The van der Waals surface area contributed by atoms with Crippen LogP contribution in [-0.2, 0) is 6.54 Å². The average molecular weight is 253 g/mol. The summed E-state index contributed by atoms with van der Waals surface area (Å²) in [6.45, 7) is 1.99. The Morgan fingerprint density at radius 2 is 1.89 bits per heavy atom. The maximum absolute atomic E-state index is 9.70. The predicted octanol–water partition coefficient (Wildman–Crippen LogP) is 3.36. The van der Waals surface area contributed by atoms with Crippen molar-refractivity contribution < 1.29 is 5.11 Å². The van der Waals surface area contributed by atoms with Crippen molar-refractivity contribution in [2.45, 2.75) is 18.9 Å². The minimum atomic E-state index is 0.362. The molecule has 1 aliphatic rings. The molecule has 1 heterocycles. The van der Waals surface area contributed by atoms with Gasteiger partial charge >= 0.3 is 0 Å². The van der Waals surface area contributed by atoms with Gasteiger partial charge < -0.3 is 10.0 Å². The van der Waals surface area contributed by atoms with Gasteiger partial charge in [-0.2, -0.15) is 0 Å². The molecule has 0 amide bonds. The molecule has 0 saturated heterocycles. The van der Waals surface area contributed by atoms with Crippen LogP contribution in [0.3, 0.4) is 0 Å². The highest BCUT2D eigenvalue weighted by molar-refractivity contribution is 5.42. The second kappa shape index (κ2) is 5.06. The van der Waals surface area contributed by atoms with Gasteiger partial charge in [-0.05, 0) is 48.8 Å². The summed E-state index contributed by atoms with van der Waals surface area (Å²) < 4.78 is 0. The van der Waals surface area contributed by atoms with Crippen molar-refractivity contribution in [1.29, 1.82) is 0 Å². The summed E-state index contributed by atoms with van der Waals surface area (Å²) >= 11 is 0. The molecule has 1 atom stereocenters. The molecule has 0 spiro atoms. The molecule has 1 N–H and O–H groups in total. The monoisotopic (exact) mass is 253 g/mol. The number of rotatable bonds is 1. The van der Waals surface area contributed by atoms with Gasteiger partial charge in [-0.1, -0.05) is 36.4 Å². The molecule has 2 heteroatoms. The van der Waals surface area contributed by atoms with Crippen molar-refractivity contribution in [1.82, 2.24) is 4.90 Å². The van der Waals surface area contributed by atoms with Gasteiger partial charge in [0.05, 0.1) is 0 Å². The Bertz CT molecular complexity index is 565. The maximum atomic E-state index is 9.70. The summed E-state index contributed by atoms with van der Waals surface area (Å²) in [5.41, 5.74) is 3.96. The van der Waals surface area contributed by atoms with Crippen LogP contribution in [0.4, 0.5) is 0 Å². The normalized spacial score (nSPS) is 19.7. The molecular formula is C17H19NO. The molecule has 0 aromatic heterocycles. The van der Waals surface area contributed by atoms with Crippen LogP contribution in [0, 0.1) is 0 Å². The van der Waals surface area contributed by atoms with E-state index >= 15 is 0 Å². The van der Waals surface area contributed by atoms with Crippen molar-refractivity contribution in [3.8, 4) is 5.75 Å². The molecule has 1 aliphatic heterocycles. The van der Waals surface area contributed by atoms with Crippen LogP contribution >= 0.6 is 0 Å². The van der Waals surface area contributed by atoms with Gasteiger partial charge in [0.2, 0.25) is 0 Å². The van der Waals surface area contributed by atoms with Crippen LogP contribution in [0.2, 0.25) is 0 Å². The maximum Gasteiger partial charge on any atom is 0.115 e. The Morgan fingerprint density at radius 3 is 2.68 bits per heavy atom. The first-order chi connectivity index (χ1) is 9.24. The quantitative estimate of drug-likeness (QED) is 0.842. The lowest BCUT2D eigenvalue weighted by molar-refractivity contribution is 0.328. The van der Waals surface area contributed by atoms with Crippen molar-refractivity contribution in [2.75, 3.05) is 13.6 Å². The number of phenols is 1. The summed E-state index contributed by atoms with van der Waals surface area (Å²) in [6, 6.07) is 16.5. The average Bonchev–Trinajstić information content (AvgIpc) is 2.57. The van der Waals surface area contributed by atoms with Crippen LogP contribution in [0.1, 0.15) is 29.0 Å². The van der Waals surface area contributed by atoms with Gasteiger partial charge in [0, 0.05) is 12.5 Å². The van der Waals surface area contributed by atoms with Gasteiger partial charge in [0.1, 0.15) is 5.75 Å². The molecule has 2 nitrogen and oxygen atoms in total. The standard InChI is InChI=1S/C17H19NO/c1-18-10-9-17(13-5-3-2-4-6-13)16-8-7-15(19)11-14(16)12-18/h2-8,11,17,19H,9-10,12H2,1H3/t17-/m1/s1. The Balaban J connectivity index is 2.07. The number of aromatic hydroxyl groups is 1. The Labute approximate surface area is 114 Å². The van der Waals surface area contributed by atoms with Crippen LogP contribution < -0.4 is 0 Å². The van der Waals surface area contributed by atoms with E-state index in [1.807, 2.05) is 6.07 Å². The molecule has 3 rings (SSSR count). The molecule has 19 heavy (non-hydrogen) atoms. The van der Waals surface area contributed by atoms with E-state index in [1.165, 1.54) is 16.7 Å². The van der Waals surface area contributed by atoms with Gasteiger partial charge in [-0.15, -0.1) is 0 Å². The van der Waals surface area contributed by atoms with Crippen molar-refractivity contribution in [3.63, 3.8) is 0 Å². The first-order valence-electron chi connectivity index (χ1n) is 6.79. The number of benzene rings is 2. The summed E-state index contributed by atoms with van der Waals surface area (Å²) in [5.74, 6) is 0.794. The Morgan fingerprint density at radius 1 is 1.11 bits per heavy atom. The third kappa shape index (κ3) is 2.49. The lowest BCUT2D eigenvalue weighted by Crippen LogP contribution is -2.17. The number of fused-ring (bicyclic) bond motifs is 1. The minimum absolute atomic E-state index is 0.362. The summed E-state index contributed by atoms with van der Waals surface area (Å²) in [4.78, 5) is 2.32. The zero-order valence-corrected chi connectivity index (χ0v) is 11.2. The van der Waals surface area contributed by atoms with E-state index in [0.29, 0.717) is 11.7 Å². The van der Waals surface area contributed by atoms with Crippen LogP contribution in [-0.4, -0.2) is 23.6 Å². The fourth-order valence-electron chi connectivity index (χ4n) is 2.98. The Hall–Kier alpha value is -1.80. The molecule has 0 radical (unpaired) electrons. The number of hydrogen-bond acceptors (Lipinski definition) is 2. The smallest absolute Gasteiger partial charge is 0.115 e. The van der Waals surface area contributed by atoms with Crippen LogP contribution in [0.5, 0.6) is 5.75 Å². The number of hydrogen-bond donors (Lipinski definition) is 1. The molecule has 0 fully saturated rings. The Kier molecular flexibility index (Phi) is 3.26. The molecule has 0 unspecified atom stereocenters. The highest BCUT2D eigenvalue weighted by Crippen LogP contribution is 2.34. The highest BCUT2D eigenvalue weighted by Gasteiger charge is 2.22. The molecule has 98 valence electrons. The van der Waals surface area contributed by atoms with Crippen LogP contribution in [0.25, 0.3) is 0 Å². The van der Waals surface area contributed by atoms with E-state index in [1.54, 1.807) is 6.07 Å². The fourth-order valence-corrected chi connectivity index (χ4v) is 2.98. The van der Waals surface area contributed by atoms with Gasteiger partial charge in [0.15, 0.2) is 0 Å². The summed E-state index contributed by atoms with van der Waals surface area (Å²) in [7, 11) is 2.14. The van der Waals surface area contributed by atoms with E-state index in [4.69, 9.17) is 0 Å². The zero-order valence-electron chi connectivity index (χ0n) is 11.2. The van der Waals surface area contributed by atoms with Crippen molar-refractivity contribution >= 4 is 0 Å². The van der Waals surface area contributed by atoms with E-state index in [-0.39, 0.29) is 0 Å². The van der Waals surface area contributed by atoms with Gasteiger partial charge in [0.25, 0.3) is 0 Å². The second-order valence-electron chi connectivity index (χ2n) is 5.37. The van der Waals surface area contributed by atoms with E-state index in [9.17, 15) is 5.11 Å². The van der Waals surface area contributed by atoms with Crippen molar-refractivity contribution in [3.05, 3.63) is 65.2 Å².